The highest BCUT2D eigenvalue weighted by atomic mass is 19.2. The van der Waals surface area contributed by atoms with Crippen LogP contribution in [-0.4, -0.2) is 11.9 Å². The topological polar surface area (TPSA) is 52.6 Å². The average molecular weight is 420 g/mol. The highest BCUT2D eigenvalue weighted by Gasteiger charge is 2.15. The molecule has 0 fully saturated rings. The number of rotatable bonds is 10. The SMILES string of the molecule is CCCCCCC/C=C/C(=O)Oc1ccc(C(=O)Oc2cc(F)c(F)c(F)c2)cc1. The lowest BCUT2D eigenvalue weighted by Crippen LogP contribution is -2.10. The molecular weight excluding hydrogens is 397 g/mol. The average Bonchev–Trinajstić information content (AvgIpc) is 2.71. The summed E-state index contributed by atoms with van der Waals surface area (Å²) in [5.74, 6) is -6.25. The molecule has 2 aromatic carbocycles. The molecule has 30 heavy (non-hydrogen) atoms. The number of allylic oxidation sites excluding steroid dienone is 1. The Kier molecular flexibility index (Phi) is 9.12. The molecule has 0 bridgehead atoms. The van der Waals surface area contributed by atoms with Crippen molar-refractivity contribution in [1.82, 2.24) is 0 Å². The third-order valence-electron chi connectivity index (χ3n) is 4.20. The molecule has 0 aliphatic rings. The monoisotopic (exact) mass is 420 g/mol. The largest absolute Gasteiger partial charge is 0.423 e. The Balaban J connectivity index is 1.84. The minimum Gasteiger partial charge on any atom is -0.423 e. The predicted octanol–water partition coefficient (Wildman–Crippen LogP) is 6.15. The fourth-order valence-corrected chi connectivity index (χ4v) is 2.61. The van der Waals surface area contributed by atoms with Gasteiger partial charge in [0.2, 0.25) is 0 Å². The number of hydrogen-bond acceptors (Lipinski definition) is 4. The molecule has 4 nitrogen and oxygen atoms in total. The van der Waals surface area contributed by atoms with Crippen LogP contribution in [0.2, 0.25) is 0 Å². The summed E-state index contributed by atoms with van der Waals surface area (Å²) < 4.78 is 49.3. The smallest absolute Gasteiger partial charge is 0.343 e. The van der Waals surface area contributed by atoms with Crippen LogP contribution < -0.4 is 9.47 Å². The number of ether oxygens (including phenoxy) is 2. The standard InChI is InChI=1S/C23H23F3O4/c1-2-3-4-5-6-7-8-9-21(27)29-17-12-10-16(11-13-17)23(28)30-18-14-19(24)22(26)20(25)15-18/h8-15H,2-7H2,1H3/b9-8+. The number of hydrogen-bond donors (Lipinski definition) is 0. The maximum atomic E-state index is 13.2. The molecule has 0 unspecified atom stereocenters. The van der Waals surface area contributed by atoms with E-state index < -0.39 is 35.1 Å². The summed E-state index contributed by atoms with van der Waals surface area (Å²) in [6, 6.07) is 6.58. The van der Waals surface area contributed by atoms with Crippen molar-refractivity contribution >= 4 is 11.9 Å². The Morgan fingerprint density at radius 3 is 2.13 bits per heavy atom. The van der Waals surface area contributed by atoms with E-state index in [4.69, 9.17) is 9.47 Å². The van der Waals surface area contributed by atoms with Crippen LogP contribution in [0.25, 0.3) is 0 Å². The van der Waals surface area contributed by atoms with Gasteiger partial charge in [0.15, 0.2) is 17.5 Å². The van der Waals surface area contributed by atoms with Crippen molar-refractivity contribution in [1.29, 1.82) is 0 Å². The Labute approximate surface area is 173 Å². The lowest BCUT2D eigenvalue weighted by molar-refractivity contribution is -0.129. The second kappa shape index (κ2) is 11.8. The van der Waals surface area contributed by atoms with Gasteiger partial charge in [-0.1, -0.05) is 38.7 Å². The molecule has 7 heteroatoms. The van der Waals surface area contributed by atoms with Crippen molar-refractivity contribution < 1.29 is 32.2 Å². The number of carbonyl (C=O) groups is 2. The molecule has 0 aliphatic carbocycles. The minimum absolute atomic E-state index is 0.0579. The van der Waals surface area contributed by atoms with Gasteiger partial charge in [0.25, 0.3) is 0 Å². The van der Waals surface area contributed by atoms with E-state index in [0.717, 1.165) is 19.3 Å². The second-order valence-electron chi connectivity index (χ2n) is 6.64. The Morgan fingerprint density at radius 1 is 0.867 bits per heavy atom. The molecule has 2 rings (SSSR count). The Hall–Kier alpha value is -3.09. The highest BCUT2D eigenvalue weighted by Crippen LogP contribution is 2.21. The van der Waals surface area contributed by atoms with Crippen LogP contribution in [0.4, 0.5) is 13.2 Å². The Bertz CT molecular complexity index is 869. The first-order chi connectivity index (χ1) is 14.4. The van der Waals surface area contributed by atoms with Gasteiger partial charge >= 0.3 is 11.9 Å². The van der Waals surface area contributed by atoms with Crippen molar-refractivity contribution in [3.8, 4) is 11.5 Å². The fourth-order valence-electron chi connectivity index (χ4n) is 2.61. The fraction of sp³-hybridized carbons (Fsp3) is 0.304. The molecule has 0 aliphatic heterocycles. The normalized spacial score (nSPS) is 10.9. The van der Waals surface area contributed by atoms with Gasteiger partial charge in [-0.2, -0.15) is 0 Å². The molecule has 0 amide bonds. The first-order valence-electron chi connectivity index (χ1n) is 9.76. The van der Waals surface area contributed by atoms with Crippen LogP contribution in [-0.2, 0) is 4.79 Å². The molecule has 0 saturated heterocycles. The molecule has 2 aromatic rings. The summed E-state index contributed by atoms with van der Waals surface area (Å²) in [4.78, 5) is 23.8. The van der Waals surface area contributed by atoms with Crippen LogP contribution in [0.1, 0.15) is 55.8 Å². The number of benzene rings is 2. The van der Waals surface area contributed by atoms with E-state index in [1.807, 2.05) is 0 Å². The zero-order chi connectivity index (χ0) is 21.9. The van der Waals surface area contributed by atoms with Gasteiger partial charge in [-0.3, -0.25) is 0 Å². The zero-order valence-corrected chi connectivity index (χ0v) is 16.6. The molecule has 0 N–H and O–H groups in total. The van der Waals surface area contributed by atoms with Crippen molar-refractivity contribution in [3.63, 3.8) is 0 Å². The van der Waals surface area contributed by atoms with Crippen LogP contribution >= 0.6 is 0 Å². The molecule has 0 heterocycles. The quantitative estimate of drug-likeness (QED) is 0.152. The lowest BCUT2D eigenvalue weighted by Gasteiger charge is -2.06. The number of esters is 2. The molecule has 0 aromatic heterocycles. The van der Waals surface area contributed by atoms with Gasteiger partial charge in [0.1, 0.15) is 11.5 Å². The van der Waals surface area contributed by atoms with Crippen molar-refractivity contribution in [2.24, 2.45) is 0 Å². The third kappa shape index (κ3) is 7.39. The van der Waals surface area contributed by atoms with E-state index in [1.54, 1.807) is 6.08 Å². The van der Waals surface area contributed by atoms with Gasteiger partial charge in [0, 0.05) is 18.2 Å². The highest BCUT2D eigenvalue weighted by molar-refractivity contribution is 5.91. The lowest BCUT2D eigenvalue weighted by atomic mass is 10.1. The minimum atomic E-state index is -1.65. The van der Waals surface area contributed by atoms with E-state index in [-0.39, 0.29) is 11.3 Å². The van der Waals surface area contributed by atoms with E-state index >= 15 is 0 Å². The van der Waals surface area contributed by atoms with E-state index in [0.29, 0.717) is 12.1 Å². The van der Waals surface area contributed by atoms with Crippen LogP contribution in [0.15, 0.2) is 48.6 Å². The van der Waals surface area contributed by atoms with Crippen LogP contribution in [0.3, 0.4) is 0 Å². The first-order valence-corrected chi connectivity index (χ1v) is 9.76. The van der Waals surface area contributed by atoms with Gasteiger partial charge in [0.05, 0.1) is 5.56 Å². The zero-order valence-electron chi connectivity index (χ0n) is 16.6. The molecule has 160 valence electrons. The number of carbonyl (C=O) groups excluding carboxylic acids is 2. The first kappa shape index (κ1) is 23.2. The van der Waals surface area contributed by atoms with Gasteiger partial charge < -0.3 is 9.47 Å². The molecule has 0 radical (unpaired) electrons. The molecular formula is C23H23F3O4. The van der Waals surface area contributed by atoms with Gasteiger partial charge in [-0.25, -0.2) is 22.8 Å². The van der Waals surface area contributed by atoms with E-state index in [9.17, 15) is 22.8 Å². The summed E-state index contributed by atoms with van der Waals surface area (Å²) in [7, 11) is 0. The molecule has 0 atom stereocenters. The summed E-state index contributed by atoms with van der Waals surface area (Å²) in [5, 5.41) is 0. The maximum absolute atomic E-state index is 13.2. The van der Waals surface area contributed by atoms with Crippen molar-refractivity contribution in [3.05, 3.63) is 71.6 Å². The van der Waals surface area contributed by atoms with Crippen LogP contribution in [0.5, 0.6) is 11.5 Å². The van der Waals surface area contributed by atoms with E-state index in [1.165, 1.54) is 49.6 Å². The summed E-state index contributed by atoms with van der Waals surface area (Å²) in [5.41, 5.74) is 0.0579. The van der Waals surface area contributed by atoms with Crippen LogP contribution in [0, 0.1) is 17.5 Å². The predicted molar refractivity (Wildman–Crippen MR) is 106 cm³/mol. The van der Waals surface area contributed by atoms with Gasteiger partial charge in [-0.15, -0.1) is 0 Å². The van der Waals surface area contributed by atoms with Crippen molar-refractivity contribution in [2.45, 2.75) is 45.4 Å². The third-order valence-corrected chi connectivity index (χ3v) is 4.20. The van der Waals surface area contributed by atoms with Crippen molar-refractivity contribution in [2.75, 3.05) is 0 Å². The number of unbranched alkanes of at least 4 members (excludes halogenated alkanes) is 5. The maximum Gasteiger partial charge on any atom is 0.343 e. The number of halogens is 3. The summed E-state index contributed by atoms with van der Waals surface area (Å²) >= 11 is 0. The summed E-state index contributed by atoms with van der Waals surface area (Å²) in [6.07, 6.45) is 9.66. The summed E-state index contributed by atoms with van der Waals surface area (Å²) in [6.45, 7) is 2.15. The van der Waals surface area contributed by atoms with E-state index in [2.05, 4.69) is 6.92 Å². The molecule has 0 spiro atoms. The molecule has 0 saturated carbocycles. The van der Waals surface area contributed by atoms with Gasteiger partial charge in [-0.05, 0) is 37.1 Å². The Morgan fingerprint density at radius 2 is 1.50 bits per heavy atom. The second-order valence-corrected chi connectivity index (χ2v) is 6.64.